The molecule has 12 heteroatoms. The van der Waals surface area contributed by atoms with E-state index in [9.17, 15) is 0 Å². The lowest BCUT2D eigenvalue weighted by atomic mass is 10.1. The van der Waals surface area contributed by atoms with Gasteiger partial charge < -0.3 is 19.9 Å². The number of nitrogens with zero attached hydrogens (tertiary/aromatic N) is 8. The van der Waals surface area contributed by atoms with E-state index >= 15 is 0 Å². The lowest BCUT2D eigenvalue weighted by Gasteiger charge is -1.96. The minimum absolute atomic E-state index is 0.597. The lowest BCUT2D eigenvalue weighted by molar-refractivity contribution is 1.19. The van der Waals surface area contributed by atoms with Crippen molar-refractivity contribution in [3.05, 3.63) is 168 Å². The maximum atomic E-state index is 5.02. The topological polar surface area (TPSA) is 166 Å². The fourth-order valence-electron chi connectivity index (χ4n) is 8.53. The Morgan fingerprint density at radius 3 is 0.891 bits per heavy atom. The number of hydrogen-bond acceptors (Lipinski definition) is 8. The Hall–Kier alpha value is -9.16. The predicted octanol–water partition coefficient (Wildman–Crippen LogP) is 11.5. The summed E-state index contributed by atoms with van der Waals surface area (Å²) in [6, 6.07) is 48.6. The second kappa shape index (κ2) is 14.2. The Labute approximate surface area is 363 Å². The molecule has 10 heterocycles. The van der Waals surface area contributed by atoms with Gasteiger partial charge in [0.05, 0.1) is 22.8 Å². The maximum Gasteiger partial charge on any atom is 0.164 e. The molecule has 0 saturated heterocycles. The summed E-state index contributed by atoms with van der Waals surface area (Å²) in [6.45, 7) is 0. The number of hydrogen-bond donors (Lipinski definition) is 4. The number of benzene rings is 4. The summed E-state index contributed by atoms with van der Waals surface area (Å²) in [5.41, 5.74) is 14.3. The largest absolute Gasteiger partial charge is 0.355 e. The minimum atomic E-state index is 0.597. The molecular weight excluding hydrogens is 793 g/mol. The van der Waals surface area contributed by atoms with Crippen molar-refractivity contribution in [2.45, 2.75) is 0 Å². The summed E-state index contributed by atoms with van der Waals surface area (Å²) in [6.07, 6.45) is 8.05. The quantitative estimate of drug-likeness (QED) is 0.117. The van der Waals surface area contributed by atoms with Gasteiger partial charge in [-0.05, 0) is 72.8 Å². The zero-order valence-electron chi connectivity index (χ0n) is 33.7. The molecule has 0 aliphatic carbocycles. The molecule has 10 aromatic rings. The van der Waals surface area contributed by atoms with Gasteiger partial charge in [-0.1, -0.05) is 97.1 Å². The molecule has 0 unspecified atom stereocenters. The van der Waals surface area contributed by atoms with Gasteiger partial charge in [-0.2, -0.15) is 0 Å². The van der Waals surface area contributed by atoms with Crippen LogP contribution in [-0.4, -0.2) is 59.8 Å². The summed E-state index contributed by atoms with van der Waals surface area (Å²) in [5, 5.41) is 3.82. The Morgan fingerprint density at radius 2 is 0.547 bits per heavy atom. The average Bonchev–Trinajstić information content (AvgIpc) is 4.21. The van der Waals surface area contributed by atoms with Crippen molar-refractivity contribution in [3.8, 4) is 45.6 Å². The second-order valence-electron chi connectivity index (χ2n) is 15.7. The number of rotatable bonds is 0. The van der Waals surface area contributed by atoms with Crippen molar-refractivity contribution in [2.24, 2.45) is 0 Å². The first kappa shape index (κ1) is 35.6. The van der Waals surface area contributed by atoms with Gasteiger partial charge in [-0.25, -0.2) is 39.9 Å². The first-order valence-corrected chi connectivity index (χ1v) is 20.8. The van der Waals surface area contributed by atoms with Crippen LogP contribution in [0.2, 0.25) is 0 Å². The van der Waals surface area contributed by atoms with Crippen molar-refractivity contribution in [3.63, 3.8) is 0 Å². The summed E-state index contributed by atoms with van der Waals surface area (Å²) in [7, 11) is 0. The molecule has 0 amide bonds. The van der Waals surface area contributed by atoms with Crippen LogP contribution in [0, 0.1) is 0 Å². The van der Waals surface area contributed by atoms with Crippen LogP contribution in [0.3, 0.4) is 0 Å². The van der Waals surface area contributed by atoms with Crippen molar-refractivity contribution in [1.29, 1.82) is 0 Å². The molecule has 4 aliphatic rings. The smallest absolute Gasteiger partial charge is 0.164 e. The van der Waals surface area contributed by atoms with E-state index in [-0.39, 0.29) is 0 Å². The highest BCUT2D eigenvalue weighted by atomic mass is 15.1. The third-order valence-corrected chi connectivity index (χ3v) is 11.5. The fraction of sp³-hybridized carbons (Fsp3) is 0. The molecule has 6 aromatic heterocycles. The van der Waals surface area contributed by atoms with Gasteiger partial charge in [-0.3, -0.25) is 0 Å². The van der Waals surface area contributed by atoms with Crippen LogP contribution in [0.1, 0.15) is 22.8 Å². The number of fused-ring (bicyclic) bond motifs is 28. The molecule has 0 spiro atoms. The Balaban J connectivity index is 0.000000147. The van der Waals surface area contributed by atoms with E-state index in [1.165, 1.54) is 0 Å². The number of aromatic amines is 4. The molecule has 4 aliphatic heterocycles. The first-order chi connectivity index (χ1) is 31.6. The van der Waals surface area contributed by atoms with Crippen molar-refractivity contribution < 1.29 is 0 Å². The Bertz CT molecular complexity index is 3590. The zero-order valence-corrected chi connectivity index (χ0v) is 33.7. The van der Waals surface area contributed by atoms with Gasteiger partial charge in [-0.15, -0.1) is 0 Å². The standard InChI is InChI=1S/C32H18N8.C20H14N4/c1-2-10-18-17(9-1)25-33-26(18)38-28-21-13-5-6-14-22(21)30(35-28)40-32-24-16-8-7-15-23(24)31(36-32)39-29-20-12-4-3-11-19(20)27(34-29)37-25;1-2-14-10-16-5-6-18(23-16)12-20-8-7-19(24-20)11-17-4-3-15(22-17)9-13(1)21-14/h1-16H,(H2,33,34,35,36,37,38,39,40);1-12,21-22H. The number of H-pyrrole nitrogens is 4. The van der Waals surface area contributed by atoms with Crippen LogP contribution in [0.5, 0.6) is 0 Å². The molecule has 300 valence electrons. The predicted molar refractivity (Wildman–Crippen MR) is 255 cm³/mol. The van der Waals surface area contributed by atoms with E-state index in [1.54, 1.807) is 0 Å². The van der Waals surface area contributed by atoms with E-state index < -0.39 is 0 Å². The third kappa shape index (κ3) is 6.24. The maximum absolute atomic E-state index is 5.02. The SMILES string of the molecule is C1=Cc2cc3ccc(cc4ccc(cc5nc(cc1n2)C=C5)[nH]4)[nH]3.c1ccc2c(c1)-c1nc-2nc2[nH]c(nc3nc(nc4[nH]c(n1)c1ccccc41)-c1ccccc1-3)c1ccccc21. The minimum Gasteiger partial charge on any atom is -0.355 e. The zero-order chi connectivity index (χ0) is 42.1. The third-order valence-electron chi connectivity index (χ3n) is 11.5. The van der Waals surface area contributed by atoms with Crippen molar-refractivity contribution in [2.75, 3.05) is 0 Å². The first-order valence-electron chi connectivity index (χ1n) is 20.8. The van der Waals surface area contributed by atoms with Crippen LogP contribution < -0.4 is 0 Å². The van der Waals surface area contributed by atoms with E-state index in [0.717, 1.165) is 88.6 Å². The number of aromatic nitrogens is 12. The van der Waals surface area contributed by atoms with Gasteiger partial charge in [0.15, 0.2) is 23.3 Å². The van der Waals surface area contributed by atoms with Gasteiger partial charge >= 0.3 is 0 Å². The van der Waals surface area contributed by atoms with Gasteiger partial charge in [0.2, 0.25) is 0 Å². The van der Waals surface area contributed by atoms with Crippen LogP contribution in [0.25, 0.3) is 136 Å². The molecule has 16 bridgehead atoms. The van der Waals surface area contributed by atoms with Gasteiger partial charge in [0, 0.05) is 65.9 Å². The summed E-state index contributed by atoms with van der Waals surface area (Å²) in [5.74, 6) is 2.39. The molecule has 0 fully saturated rings. The molecule has 4 N–H and O–H groups in total. The molecule has 0 saturated carbocycles. The summed E-state index contributed by atoms with van der Waals surface area (Å²) < 4.78 is 0. The Morgan fingerprint density at radius 1 is 0.250 bits per heavy atom. The normalized spacial score (nSPS) is 12.2. The van der Waals surface area contributed by atoms with Crippen LogP contribution in [0.4, 0.5) is 0 Å². The average molecular weight is 825 g/mol. The Kier molecular flexibility index (Phi) is 7.90. The fourth-order valence-corrected chi connectivity index (χ4v) is 8.53. The van der Waals surface area contributed by atoms with Gasteiger partial charge in [0.25, 0.3) is 0 Å². The molecule has 0 radical (unpaired) electrons. The summed E-state index contributed by atoms with van der Waals surface area (Å²) in [4.78, 5) is 52.8. The van der Waals surface area contributed by atoms with Gasteiger partial charge in [0.1, 0.15) is 22.6 Å². The molecule has 12 nitrogen and oxygen atoms in total. The molecule has 4 aromatic carbocycles. The monoisotopic (exact) mass is 824 g/mol. The molecule has 0 atom stereocenters. The molecular formula is C52H32N12. The van der Waals surface area contributed by atoms with Crippen LogP contribution in [-0.2, 0) is 0 Å². The summed E-state index contributed by atoms with van der Waals surface area (Å²) >= 11 is 0. The second-order valence-corrected chi connectivity index (χ2v) is 15.7. The van der Waals surface area contributed by atoms with E-state index in [4.69, 9.17) is 29.9 Å². The van der Waals surface area contributed by atoms with Crippen molar-refractivity contribution >= 4 is 90.5 Å². The van der Waals surface area contributed by atoms with Crippen LogP contribution >= 0.6 is 0 Å². The lowest BCUT2D eigenvalue weighted by Crippen LogP contribution is -1.82. The highest BCUT2D eigenvalue weighted by Gasteiger charge is 2.22. The van der Waals surface area contributed by atoms with Crippen LogP contribution in [0.15, 0.2) is 146 Å². The van der Waals surface area contributed by atoms with Crippen molar-refractivity contribution in [1.82, 2.24) is 59.8 Å². The highest BCUT2D eigenvalue weighted by molar-refractivity contribution is 6.06. The molecule has 64 heavy (non-hydrogen) atoms. The molecule has 14 rings (SSSR count). The highest BCUT2D eigenvalue weighted by Crippen LogP contribution is 2.36. The number of nitrogens with one attached hydrogen (secondary N) is 4. The van der Waals surface area contributed by atoms with E-state index in [0.29, 0.717) is 45.9 Å². The van der Waals surface area contributed by atoms with E-state index in [1.807, 2.05) is 140 Å². The van der Waals surface area contributed by atoms with E-state index in [2.05, 4.69) is 60.2 Å².